The van der Waals surface area contributed by atoms with Crippen molar-refractivity contribution >= 4 is 22.5 Å². The smallest absolute Gasteiger partial charge is 0.0708 e. The second-order valence-electron chi connectivity index (χ2n) is 3.16. The number of hydrogen-bond acceptors (Lipinski definition) is 0. The van der Waals surface area contributed by atoms with Gasteiger partial charge in [-0.3, -0.25) is 5.32 Å². The average Bonchev–Trinajstić information content (AvgIpc) is 2.65. The molecule has 0 atom stereocenters. The summed E-state index contributed by atoms with van der Waals surface area (Å²) in [6.45, 7) is 0. The van der Waals surface area contributed by atoms with Crippen LogP contribution in [0.4, 0.5) is 5.69 Å². The van der Waals surface area contributed by atoms with Gasteiger partial charge in [0.05, 0.1) is 5.69 Å². The lowest BCUT2D eigenvalue weighted by molar-refractivity contribution is 1.22. The molecule has 0 aliphatic carbocycles. The van der Waals surface area contributed by atoms with Crippen LogP contribution in [-0.4, -0.2) is 0 Å². The lowest BCUT2D eigenvalue weighted by atomic mass is 10.0. The minimum absolute atomic E-state index is 1.08. The molecule has 0 bridgehead atoms. The number of nitrogens with zero attached hydrogens (tertiary/aromatic N) is 1. The van der Waals surface area contributed by atoms with Gasteiger partial charge in [0.25, 0.3) is 0 Å². The predicted molar refractivity (Wildman–Crippen MR) is 54.8 cm³/mol. The first-order valence-electron chi connectivity index (χ1n) is 4.34. The fraction of sp³-hybridized carbons (Fsp3) is 0. The third kappa shape index (κ3) is 0.872. The summed E-state index contributed by atoms with van der Waals surface area (Å²) >= 11 is 0. The highest BCUT2D eigenvalue weighted by Crippen LogP contribution is 2.30. The second-order valence-corrected chi connectivity index (χ2v) is 3.16. The molecule has 13 heavy (non-hydrogen) atoms. The highest BCUT2D eigenvalue weighted by atomic mass is 14.9. The molecule has 0 N–H and O–H groups in total. The third-order valence-corrected chi connectivity index (χ3v) is 2.40. The molecule has 0 amide bonds. The fourth-order valence-electron chi connectivity index (χ4n) is 1.76. The standard InChI is InChI=1S/C12H8N/c1-2-4-10-9(3-1)5-6-12-11(10)7-8-13-12/h1-8H. The van der Waals surface area contributed by atoms with Crippen molar-refractivity contribution in [1.82, 2.24) is 5.32 Å². The molecule has 2 aromatic carbocycles. The van der Waals surface area contributed by atoms with Gasteiger partial charge in [-0.05, 0) is 22.9 Å². The van der Waals surface area contributed by atoms with E-state index in [2.05, 4.69) is 47.8 Å². The molecule has 0 aromatic heterocycles. The van der Waals surface area contributed by atoms with Crippen LogP contribution < -0.4 is 5.32 Å². The molecule has 0 spiro atoms. The molecule has 1 aliphatic rings. The van der Waals surface area contributed by atoms with Crippen molar-refractivity contribution in [3.8, 4) is 0 Å². The van der Waals surface area contributed by atoms with Gasteiger partial charge in [0.2, 0.25) is 0 Å². The van der Waals surface area contributed by atoms with Crippen molar-refractivity contribution in [3.05, 3.63) is 48.2 Å². The predicted octanol–water partition coefficient (Wildman–Crippen LogP) is 3.06. The van der Waals surface area contributed by atoms with Gasteiger partial charge in [-0.25, -0.2) is 0 Å². The SMILES string of the molecule is C1=Cc2c(ccc3ccccc23)[N]1. The Morgan fingerprint density at radius 1 is 0.923 bits per heavy atom. The Morgan fingerprint density at radius 2 is 1.85 bits per heavy atom. The zero-order chi connectivity index (χ0) is 8.67. The Bertz CT molecular complexity index is 497. The van der Waals surface area contributed by atoms with E-state index in [0.29, 0.717) is 0 Å². The minimum atomic E-state index is 1.08. The molecule has 1 heteroatoms. The zero-order valence-electron chi connectivity index (χ0n) is 7.07. The van der Waals surface area contributed by atoms with E-state index in [1.807, 2.05) is 6.20 Å². The summed E-state index contributed by atoms with van der Waals surface area (Å²) in [7, 11) is 0. The molecular formula is C12H8N. The molecular weight excluding hydrogens is 158 g/mol. The van der Waals surface area contributed by atoms with Crippen molar-refractivity contribution in [2.24, 2.45) is 0 Å². The Kier molecular flexibility index (Phi) is 1.22. The van der Waals surface area contributed by atoms with Crippen LogP contribution in [0.2, 0.25) is 0 Å². The summed E-state index contributed by atoms with van der Waals surface area (Å²) < 4.78 is 0. The van der Waals surface area contributed by atoms with E-state index in [9.17, 15) is 0 Å². The lowest BCUT2D eigenvalue weighted by Crippen LogP contribution is -1.82. The van der Waals surface area contributed by atoms with E-state index in [1.54, 1.807) is 0 Å². The van der Waals surface area contributed by atoms with Crippen LogP contribution in [0.3, 0.4) is 0 Å². The summed E-state index contributed by atoms with van der Waals surface area (Å²) in [6.07, 6.45) is 3.93. The normalized spacial score (nSPS) is 12.9. The van der Waals surface area contributed by atoms with Crippen LogP contribution in [-0.2, 0) is 0 Å². The van der Waals surface area contributed by atoms with Crippen molar-refractivity contribution in [2.75, 3.05) is 0 Å². The summed E-state index contributed by atoms with van der Waals surface area (Å²) in [4.78, 5) is 0. The van der Waals surface area contributed by atoms with Crippen LogP contribution in [0.1, 0.15) is 5.56 Å². The Labute approximate surface area is 76.7 Å². The molecule has 0 fully saturated rings. The molecule has 1 heterocycles. The summed E-state index contributed by atoms with van der Waals surface area (Å²) in [5, 5.41) is 6.84. The lowest BCUT2D eigenvalue weighted by Gasteiger charge is -2.02. The van der Waals surface area contributed by atoms with Gasteiger partial charge in [-0.15, -0.1) is 0 Å². The van der Waals surface area contributed by atoms with E-state index in [4.69, 9.17) is 0 Å². The van der Waals surface area contributed by atoms with E-state index < -0.39 is 0 Å². The van der Waals surface area contributed by atoms with Crippen molar-refractivity contribution in [2.45, 2.75) is 0 Å². The van der Waals surface area contributed by atoms with Crippen LogP contribution in [0, 0.1) is 0 Å². The van der Waals surface area contributed by atoms with Gasteiger partial charge in [-0.1, -0.05) is 30.3 Å². The van der Waals surface area contributed by atoms with E-state index in [1.165, 1.54) is 16.3 Å². The Hall–Kier alpha value is -1.76. The molecule has 0 saturated heterocycles. The number of benzene rings is 2. The van der Waals surface area contributed by atoms with Gasteiger partial charge in [-0.2, -0.15) is 0 Å². The maximum atomic E-state index is 4.27. The summed E-state index contributed by atoms with van der Waals surface area (Å²) in [5.41, 5.74) is 2.33. The minimum Gasteiger partial charge on any atom is -0.256 e. The van der Waals surface area contributed by atoms with Crippen LogP contribution >= 0.6 is 0 Å². The first-order valence-corrected chi connectivity index (χ1v) is 4.34. The topological polar surface area (TPSA) is 14.1 Å². The van der Waals surface area contributed by atoms with Gasteiger partial charge in [0, 0.05) is 11.8 Å². The summed E-state index contributed by atoms with van der Waals surface area (Å²) in [6, 6.07) is 12.6. The number of hydrogen-bond donors (Lipinski definition) is 0. The van der Waals surface area contributed by atoms with Crippen molar-refractivity contribution in [1.29, 1.82) is 0 Å². The quantitative estimate of drug-likeness (QED) is 0.571. The average molecular weight is 166 g/mol. The van der Waals surface area contributed by atoms with Crippen molar-refractivity contribution in [3.63, 3.8) is 0 Å². The molecule has 1 radical (unpaired) electrons. The molecule has 2 aromatic rings. The van der Waals surface area contributed by atoms with Gasteiger partial charge >= 0.3 is 0 Å². The first-order chi connectivity index (χ1) is 6.45. The van der Waals surface area contributed by atoms with Crippen LogP contribution in [0.5, 0.6) is 0 Å². The third-order valence-electron chi connectivity index (χ3n) is 2.40. The Balaban J connectivity index is 2.49. The molecule has 61 valence electrons. The van der Waals surface area contributed by atoms with Gasteiger partial charge in [0.1, 0.15) is 0 Å². The van der Waals surface area contributed by atoms with E-state index in [0.717, 1.165) is 5.69 Å². The largest absolute Gasteiger partial charge is 0.256 e. The number of fused-ring (bicyclic) bond motifs is 3. The maximum Gasteiger partial charge on any atom is 0.0708 e. The first kappa shape index (κ1) is 6.72. The van der Waals surface area contributed by atoms with Crippen LogP contribution in [0.25, 0.3) is 16.8 Å². The molecule has 0 unspecified atom stereocenters. The monoisotopic (exact) mass is 166 g/mol. The number of rotatable bonds is 0. The zero-order valence-corrected chi connectivity index (χ0v) is 7.07. The van der Waals surface area contributed by atoms with E-state index in [-0.39, 0.29) is 0 Å². The summed E-state index contributed by atoms with van der Waals surface area (Å²) in [5.74, 6) is 0. The van der Waals surface area contributed by atoms with Crippen LogP contribution in [0.15, 0.2) is 42.6 Å². The van der Waals surface area contributed by atoms with E-state index >= 15 is 0 Å². The highest BCUT2D eigenvalue weighted by Gasteiger charge is 2.08. The van der Waals surface area contributed by atoms with Gasteiger partial charge < -0.3 is 0 Å². The fourth-order valence-corrected chi connectivity index (χ4v) is 1.76. The molecule has 0 saturated carbocycles. The molecule has 1 nitrogen and oxygen atoms in total. The second kappa shape index (κ2) is 2.36. The molecule has 1 aliphatic heterocycles. The van der Waals surface area contributed by atoms with Crippen molar-refractivity contribution < 1.29 is 0 Å². The highest BCUT2D eigenvalue weighted by molar-refractivity contribution is 5.96. The molecule has 3 rings (SSSR count). The maximum absolute atomic E-state index is 4.27. The van der Waals surface area contributed by atoms with Gasteiger partial charge in [0.15, 0.2) is 0 Å². The Morgan fingerprint density at radius 3 is 2.85 bits per heavy atom.